The van der Waals surface area contributed by atoms with Crippen LogP contribution in [0.4, 0.5) is 9.59 Å². The quantitative estimate of drug-likeness (QED) is 0.884. The summed E-state index contributed by atoms with van der Waals surface area (Å²) in [6.45, 7) is 2.33. The van der Waals surface area contributed by atoms with Crippen LogP contribution in [0.5, 0.6) is 0 Å². The SMILES string of the molecule is CNC(=O)OCc1c(COC(=O)NC)c2n(c1C)CSC2. The van der Waals surface area contributed by atoms with Crippen molar-refractivity contribution in [2.45, 2.75) is 31.8 Å². The van der Waals surface area contributed by atoms with Gasteiger partial charge in [0.2, 0.25) is 0 Å². The van der Waals surface area contributed by atoms with E-state index in [1.807, 2.05) is 6.92 Å². The number of amides is 2. The fraction of sp³-hybridized carbons (Fsp3) is 0.538. The van der Waals surface area contributed by atoms with Crippen LogP contribution in [-0.2, 0) is 34.3 Å². The minimum Gasteiger partial charge on any atom is -0.445 e. The average Bonchev–Trinajstić information content (AvgIpc) is 3.05. The van der Waals surface area contributed by atoms with Crippen molar-refractivity contribution < 1.29 is 19.1 Å². The maximum Gasteiger partial charge on any atom is 0.407 e. The summed E-state index contributed by atoms with van der Waals surface area (Å²) in [5.41, 5.74) is 4.04. The Balaban J connectivity index is 2.21. The minimum atomic E-state index is -0.478. The van der Waals surface area contributed by atoms with Crippen LogP contribution in [0, 0.1) is 6.92 Å². The second kappa shape index (κ2) is 6.75. The van der Waals surface area contributed by atoms with Gasteiger partial charge in [-0.05, 0) is 6.92 Å². The highest BCUT2D eigenvalue weighted by atomic mass is 32.2. The van der Waals surface area contributed by atoms with Gasteiger partial charge in [0.1, 0.15) is 13.2 Å². The van der Waals surface area contributed by atoms with Crippen LogP contribution in [0.1, 0.15) is 22.5 Å². The van der Waals surface area contributed by atoms with Crippen molar-refractivity contribution in [3.63, 3.8) is 0 Å². The number of alkyl carbamates (subject to hydrolysis) is 2. The molecule has 0 atom stereocenters. The van der Waals surface area contributed by atoms with Crippen LogP contribution < -0.4 is 10.6 Å². The van der Waals surface area contributed by atoms with Crippen LogP contribution in [0.3, 0.4) is 0 Å². The number of nitrogens with zero attached hydrogens (tertiary/aromatic N) is 1. The van der Waals surface area contributed by atoms with Gasteiger partial charge in [-0.2, -0.15) is 0 Å². The maximum absolute atomic E-state index is 11.3. The Labute approximate surface area is 127 Å². The molecule has 0 saturated carbocycles. The Kier molecular flexibility index (Phi) is 5.00. The van der Waals surface area contributed by atoms with E-state index < -0.39 is 12.2 Å². The molecule has 0 saturated heterocycles. The molecule has 2 amide bonds. The third-order valence-electron chi connectivity index (χ3n) is 3.44. The fourth-order valence-electron chi connectivity index (χ4n) is 2.28. The molecular formula is C13H19N3O4S. The molecule has 21 heavy (non-hydrogen) atoms. The van der Waals surface area contributed by atoms with Gasteiger partial charge in [-0.15, -0.1) is 11.8 Å². The second-order valence-corrected chi connectivity index (χ2v) is 5.50. The molecule has 1 aromatic rings. The van der Waals surface area contributed by atoms with Crippen LogP contribution in [0.2, 0.25) is 0 Å². The first kappa shape index (κ1) is 15.6. The van der Waals surface area contributed by atoms with E-state index in [-0.39, 0.29) is 13.2 Å². The van der Waals surface area contributed by atoms with Gasteiger partial charge in [-0.1, -0.05) is 0 Å². The zero-order valence-electron chi connectivity index (χ0n) is 12.3. The van der Waals surface area contributed by atoms with E-state index >= 15 is 0 Å². The lowest BCUT2D eigenvalue weighted by Crippen LogP contribution is -2.20. The first-order valence-corrected chi connectivity index (χ1v) is 7.70. The van der Waals surface area contributed by atoms with E-state index in [4.69, 9.17) is 9.47 Å². The maximum atomic E-state index is 11.3. The van der Waals surface area contributed by atoms with Gasteiger partial charge in [0.15, 0.2) is 0 Å². The van der Waals surface area contributed by atoms with Gasteiger partial charge in [-0.25, -0.2) is 9.59 Å². The molecule has 1 aromatic heterocycles. The first-order valence-electron chi connectivity index (χ1n) is 6.55. The third kappa shape index (κ3) is 3.26. The molecule has 2 rings (SSSR count). The molecule has 0 radical (unpaired) electrons. The minimum absolute atomic E-state index is 0.169. The number of carbonyl (C=O) groups is 2. The molecule has 1 aliphatic heterocycles. The van der Waals surface area contributed by atoms with Gasteiger partial charge in [-0.3, -0.25) is 0 Å². The number of hydrogen-bond acceptors (Lipinski definition) is 5. The van der Waals surface area contributed by atoms with E-state index in [1.165, 1.54) is 14.1 Å². The van der Waals surface area contributed by atoms with E-state index in [0.29, 0.717) is 0 Å². The summed E-state index contributed by atoms with van der Waals surface area (Å²) in [4.78, 5) is 22.5. The Bertz CT molecular complexity index is 556. The third-order valence-corrected chi connectivity index (χ3v) is 4.36. The molecule has 2 heterocycles. The van der Waals surface area contributed by atoms with Crippen LogP contribution in [0.15, 0.2) is 0 Å². The van der Waals surface area contributed by atoms with Crippen LogP contribution >= 0.6 is 11.8 Å². The molecule has 0 bridgehead atoms. The van der Waals surface area contributed by atoms with Gasteiger partial charge < -0.3 is 24.7 Å². The number of ether oxygens (including phenoxy) is 2. The summed E-state index contributed by atoms with van der Waals surface area (Å²) in [6.07, 6.45) is -0.954. The van der Waals surface area contributed by atoms with Crippen molar-refractivity contribution in [2.24, 2.45) is 0 Å². The Morgan fingerprint density at radius 3 is 2.29 bits per heavy atom. The molecule has 0 unspecified atom stereocenters. The number of carbonyl (C=O) groups excluding carboxylic acids is 2. The largest absolute Gasteiger partial charge is 0.445 e. The van der Waals surface area contributed by atoms with Crippen molar-refractivity contribution in [1.29, 1.82) is 0 Å². The molecule has 7 nitrogen and oxygen atoms in total. The Hall–Kier alpha value is -1.83. The second-order valence-electron chi connectivity index (χ2n) is 4.55. The number of hydrogen-bond donors (Lipinski definition) is 2. The lowest BCUT2D eigenvalue weighted by atomic mass is 10.1. The predicted molar refractivity (Wildman–Crippen MR) is 79.0 cm³/mol. The van der Waals surface area contributed by atoms with Gasteiger partial charge in [0.25, 0.3) is 0 Å². The van der Waals surface area contributed by atoms with Crippen molar-refractivity contribution in [3.8, 4) is 0 Å². The Morgan fingerprint density at radius 2 is 1.71 bits per heavy atom. The summed E-state index contributed by atoms with van der Waals surface area (Å²) in [6, 6.07) is 0. The molecule has 2 N–H and O–H groups in total. The van der Waals surface area contributed by atoms with Crippen LogP contribution in [0.25, 0.3) is 0 Å². The topological polar surface area (TPSA) is 81.6 Å². The van der Waals surface area contributed by atoms with E-state index in [2.05, 4.69) is 15.2 Å². The first-order chi connectivity index (χ1) is 10.1. The molecular weight excluding hydrogens is 294 g/mol. The zero-order chi connectivity index (χ0) is 15.4. The van der Waals surface area contributed by atoms with Gasteiger partial charge in [0.05, 0.1) is 5.88 Å². The predicted octanol–water partition coefficient (Wildman–Crippen LogP) is 1.71. The summed E-state index contributed by atoms with van der Waals surface area (Å²) in [5.74, 6) is 1.74. The molecule has 0 spiro atoms. The molecule has 0 aromatic carbocycles. The van der Waals surface area contributed by atoms with Crippen molar-refractivity contribution in [2.75, 3.05) is 14.1 Å². The zero-order valence-corrected chi connectivity index (χ0v) is 13.1. The summed E-state index contributed by atoms with van der Waals surface area (Å²) >= 11 is 1.80. The standard InChI is InChI=1S/C13H19N3O4S/c1-8-9(4-19-12(17)14-2)10(5-20-13(18)15-3)11-6-21-7-16(8)11/h4-7H2,1-3H3,(H,14,17)(H,15,18). The number of aromatic nitrogens is 1. The number of fused-ring (bicyclic) bond motifs is 1. The van der Waals surface area contributed by atoms with E-state index in [0.717, 1.165) is 34.1 Å². The summed E-state index contributed by atoms with van der Waals surface area (Å²) < 4.78 is 12.5. The number of nitrogens with one attached hydrogen (secondary N) is 2. The smallest absolute Gasteiger partial charge is 0.407 e. The average molecular weight is 313 g/mol. The van der Waals surface area contributed by atoms with Crippen LogP contribution in [-0.4, -0.2) is 30.8 Å². The molecule has 0 aliphatic carbocycles. The lowest BCUT2D eigenvalue weighted by Gasteiger charge is -2.09. The van der Waals surface area contributed by atoms with E-state index in [1.54, 1.807) is 11.8 Å². The molecule has 0 fully saturated rings. The highest BCUT2D eigenvalue weighted by Crippen LogP contribution is 2.34. The molecule has 8 heteroatoms. The fourth-order valence-corrected chi connectivity index (χ4v) is 3.42. The molecule has 1 aliphatic rings. The normalized spacial score (nSPS) is 12.7. The number of thioether (sulfide) groups is 1. The van der Waals surface area contributed by atoms with Crippen molar-refractivity contribution >= 4 is 23.9 Å². The highest BCUT2D eigenvalue weighted by molar-refractivity contribution is 7.97. The monoisotopic (exact) mass is 313 g/mol. The van der Waals surface area contributed by atoms with Crippen molar-refractivity contribution in [1.82, 2.24) is 15.2 Å². The number of rotatable bonds is 4. The highest BCUT2D eigenvalue weighted by Gasteiger charge is 2.25. The lowest BCUT2D eigenvalue weighted by molar-refractivity contribution is 0.134. The Morgan fingerprint density at radius 1 is 1.14 bits per heavy atom. The van der Waals surface area contributed by atoms with Crippen molar-refractivity contribution in [3.05, 3.63) is 22.5 Å². The van der Waals surface area contributed by atoms with Gasteiger partial charge >= 0.3 is 12.2 Å². The summed E-state index contributed by atoms with van der Waals surface area (Å²) in [7, 11) is 3.03. The summed E-state index contributed by atoms with van der Waals surface area (Å²) in [5, 5.41) is 4.84. The molecule has 116 valence electrons. The van der Waals surface area contributed by atoms with E-state index in [9.17, 15) is 9.59 Å². The van der Waals surface area contributed by atoms with Gasteiger partial charge in [0, 0.05) is 42.4 Å².